The molecule has 3 nitrogen and oxygen atoms in total. The lowest BCUT2D eigenvalue weighted by atomic mass is 9.76. The molecule has 1 heterocycles. The van der Waals surface area contributed by atoms with Gasteiger partial charge in [-0.25, -0.2) is 0 Å². The molecule has 3 atom stereocenters. The van der Waals surface area contributed by atoms with Crippen LogP contribution in [0.3, 0.4) is 0 Å². The molecule has 2 N–H and O–H groups in total. The molecule has 3 unspecified atom stereocenters. The van der Waals surface area contributed by atoms with Crippen molar-refractivity contribution in [2.24, 2.45) is 11.3 Å². The van der Waals surface area contributed by atoms with Gasteiger partial charge in [0.15, 0.2) is 0 Å². The van der Waals surface area contributed by atoms with E-state index in [2.05, 4.69) is 24.5 Å². The number of carbonyl (C=O) groups excluding carboxylic acids is 1. The van der Waals surface area contributed by atoms with Crippen LogP contribution in [0, 0.1) is 11.3 Å². The molecule has 0 aromatic rings. The Labute approximate surface area is 111 Å². The zero-order valence-electron chi connectivity index (χ0n) is 11.9. The summed E-state index contributed by atoms with van der Waals surface area (Å²) < 4.78 is 0. The molecule has 2 fully saturated rings. The molecule has 0 radical (unpaired) electrons. The van der Waals surface area contributed by atoms with E-state index in [1.807, 2.05) is 0 Å². The first kappa shape index (κ1) is 13.9. The third-order valence-corrected chi connectivity index (χ3v) is 4.90. The maximum atomic E-state index is 12.6. The van der Waals surface area contributed by atoms with Crippen LogP contribution in [-0.4, -0.2) is 25.0 Å². The Kier molecular flexibility index (Phi) is 4.66. The molecule has 0 bridgehead atoms. The van der Waals surface area contributed by atoms with Crippen molar-refractivity contribution in [2.45, 2.75) is 64.8 Å². The first-order valence-electron chi connectivity index (χ1n) is 7.68. The molecular formula is C15H28N2O. The third kappa shape index (κ3) is 3.05. The molecule has 1 saturated carbocycles. The van der Waals surface area contributed by atoms with E-state index in [-0.39, 0.29) is 5.41 Å². The Bertz CT molecular complexity index is 284. The standard InChI is InChI=1S/C15H28N2O/c1-3-15(8-5-9-16-11-15)14(18)17-13-7-4-6-12(2)10-13/h12-13,16H,3-11H2,1-2H3,(H,17,18). The van der Waals surface area contributed by atoms with Gasteiger partial charge in [-0.15, -0.1) is 0 Å². The first-order chi connectivity index (χ1) is 8.66. The lowest BCUT2D eigenvalue weighted by molar-refractivity contribution is -0.133. The summed E-state index contributed by atoms with van der Waals surface area (Å²) in [5.41, 5.74) is -0.140. The monoisotopic (exact) mass is 252 g/mol. The minimum Gasteiger partial charge on any atom is -0.353 e. The molecule has 0 spiro atoms. The van der Waals surface area contributed by atoms with Gasteiger partial charge in [-0.2, -0.15) is 0 Å². The summed E-state index contributed by atoms with van der Waals surface area (Å²) in [4.78, 5) is 12.6. The maximum absolute atomic E-state index is 12.6. The van der Waals surface area contributed by atoms with Crippen LogP contribution in [0.25, 0.3) is 0 Å². The molecule has 1 saturated heterocycles. The highest BCUT2D eigenvalue weighted by Gasteiger charge is 2.38. The van der Waals surface area contributed by atoms with E-state index in [0.717, 1.165) is 38.3 Å². The quantitative estimate of drug-likeness (QED) is 0.810. The lowest BCUT2D eigenvalue weighted by Gasteiger charge is -2.38. The van der Waals surface area contributed by atoms with Gasteiger partial charge in [0.25, 0.3) is 0 Å². The van der Waals surface area contributed by atoms with Crippen molar-refractivity contribution < 1.29 is 4.79 Å². The largest absolute Gasteiger partial charge is 0.353 e. The Balaban J connectivity index is 1.92. The van der Waals surface area contributed by atoms with E-state index in [1.54, 1.807) is 0 Å². The molecule has 2 rings (SSSR count). The lowest BCUT2D eigenvalue weighted by Crippen LogP contribution is -2.53. The Morgan fingerprint density at radius 3 is 2.83 bits per heavy atom. The average molecular weight is 252 g/mol. The van der Waals surface area contributed by atoms with Gasteiger partial charge in [0, 0.05) is 12.6 Å². The normalized spacial score (nSPS) is 37.2. The Morgan fingerprint density at radius 2 is 2.22 bits per heavy atom. The summed E-state index contributed by atoms with van der Waals surface area (Å²) in [7, 11) is 0. The Hall–Kier alpha value is -0.570. The third-order valence-electron chi connectivity index (χ3n) is 4.90. The number of rotatable bonds is 3. The van der Waals surface area contributed by atoms with E-state index < -0.39 is 0 Å². The number of carbonyl (C=O) groups is 1. The molecule has 0 aromatic carbocycles. The van der Waals surface area contributed by atoms with Crippen LogP contribution in [0.4, 0.5) is 0 Å². The molecular weight excluding hydrogens is 224 g/mol. The topological polar surface area (TPSA) is 41.1 Å². The van der Waals surface area contributed by atoms with Gasteiger partial charge in [-0.3, -0.25) is 4.79 Å². The fraction of sp³-hybridized carbons (Fsp3) is 0.933. The predicted molar refractivity (Wildman–Crippen MR) is 74.4 cm³/mol. The molecule has 0 aromatic heterocycles. The second-order valence-corrected chi connectivity index (χ2v) is 6.36. The van der Waals surface area contributed by atoms with Crippen molar-refractivity contribution in [3.63, 3.8) is 0 Å². The second-order valence-electron chi connectivity index (χ2n) is 6.36. The number of nitrogens with one attached hydrogen (secondary N) is 2. The molecule has 1 aliphatic heterocycles. The van der Waals surface area contributed by atoms with Crippen LogP contribution in [-0.2, 0) is 4.79 Å². The minimum atomic E-state index is -0.140. The molecule has 104 valence electrons. The minimum absolute atomic E-state index is 0.140. The molecule has 1 aliphatic carbocycles. The highest BCUT2D eigenvalue weighted by atomic mass is 16.2. The Morgan fingerprint density at radius 1 is 1.39 bits per heavy atom. The SMILES string of the molecule is CCC1(C(=O)NC2CCCC(C)C2)CCCNC1. The van der Waals surface area contributed by atoms with Gasteiger partial charge in [0.1, 0.15) is 0 Å². The fourth-order valence-corrected chi connectivity index (χ4v) is 3.53. The molecule has 3 heteroatoms. The number of amides is 1. The summed E-state index contributed by atoms with van der Waals surface area (Å²) in [6.07, 6.45) is 8.06. The van der Waals surface area contributed by atoms with E-state index in [4.69, 9.17) is 0 Å². The van der Waals surface area contributed by atoms with E-state index >= 15 is 0 Å². The van der Waals surface area contributed by atoms with Crippen LogP contribution < -0.4 is 10.6 Å². The molecule has 2 aliphatic rings. The van der Waals surface area contributed by atoms with Gasteiger partial charge < -0.3 is 10.6 Å². The van der Waals surface area contributed by atoms with Crippen molar-refractivity contribution in [2.75, 3.05) is 13.1 Å². The number of hydrogen-bond donors (Lipinski definition) is 2. The van der Waals surface area contributed by atoms with Gasteiger partial charge in [-0.05, 0) is 44.6 Å². The van der Waals surface area contributed by atoms with Crippen LogP contribution >= 0.6 is 0 Å². The highest BCUT2D eigenvalue weighted by molar-refractivity contribution is 5.83. The van der Waals surface area contributed by atoms with Crippen LogP contribution in [0.2, 0.25) is 0 Å². The van der Waals surface area contributed by atoms with Crippen molar-refractivity contribution in [1.29, 1.82) is 0 Å². The fourth-order valence-electron chi connectivity index (χ4n) is 3.53. The second kappa shape index (κ2) is 6.05. The zero-order valence-corrected chi connectivity index (χ0v) is 11.9. The van der Waals surface area contributed by atoms with Crippen molar-refractivity contribution >= 4 is 5.91 Å². The average Bonchev–Trinajstić information content (AvgIpc) is 2.39. The van der Waals surface area contributed by atoms with Gasteiger partial charge in [-0.1, -0.05) is 26.7 Å². The number of hydrogen-bond acceptors (Lipinski definition) is 2. The summed E-state index contributed by atoms with van der Waals surface area (Å²) in [6.45, 7) is 6.37. The van der Waals surface area contributed by atoms with E-state index in [9.17, 15) is 4.79 Å². The van der Waals surface area contributed by atoms with Gasteiger partial charge in [0.2, 0.25) is 5.91 Å². The smallest absolute Gasteiger partial charge is 0.227 e. The summed E-state index contributed by atoms with van der Waals surface area (Å²) in [5.74, 6) is 1.07. The summed E-state index contributed by atoms with van der Waals surface area (Å²) in [5, 5.41) is 6.72. The molecule has 1 amide bonds. The van der Waals surface area contributed by atoms with E-state index in [1.165, 1.54) is 25.7 Å². The van der Waals surface area contributed by atoms with Crippen LogP contribution in [0.15, 0.2) is 0 Å². The van der Waals surface area contributed by atoms with Gasteiger partial charge in [0.05, 0.1) is 5.41 Å². The van der Waals surface area contributed by atoms with Gasteiger partial charge >= 0.3 is 0 Å². The van der Waals surface area contributed by atoms with Crippen molar-refractivity contribution in [3.05, 3.63) is 0 Å². The first-order valence-corrected chi connectivity index (χ1v) is 7.68. The van der Waals surface area contributed by atoms with Crippen molar-refractivity contribution in [1.82, 2.24) is 10.6 Å². The summed E-state index contributed by atoms with van der Waals surface area (Å²) in [6, 6.07) is 0.423. The van der Waals surface area contributed by atoms with Crippen LogP contribution in [0.5, 0.6) is 0 Å². The maximum Gasteiger partial charge on any atom is 0.227 e. The highest BCUT2D eigenvalue weighted by Crippen LogP contribution is 2.31. The summed E-state index contributed by atoms with van der Waals surface area (Å²) >= 11 is 0. The van der Waals surface area contributed by atoms with Crippen LogP contribution in [0.1, 0.15) is 58.8 Å². The van der Waals surface area contributed by atoms with Crippen molar-refractivity contribution in [3.8, 4) is 0 Å². The number of piperidine rings is 1. The zero-order chi connectivity index (χ0) is 13.0. The predicted octanol–water partition coefficient (Wildman–Crippen LogP) is 2.46. The van der Waals surface area contributed by atoms with E-state index in [0.29, 0.717) is 11.9 Å². The molecule has 18 heavy (non-hydrogen) atoms.